The molecule has 0 radical (unpaired) electrons. The van der Waals surface area contributed by atoms with Crippen molar-refractivity contribution in [3.05, 3.63) is 12.5 Å². The van der Waals surface area contributed by atoms with E-state index in [-0.39, 0.29) is 12.5 Å². The largest absolute Gasteiger partial charge is 0.418 e. The van der Waals surface area contributed by atoms with E-state index in [1.165, 1.54) is 12.5 Å². The van der Waals surface area contributed by atoms with E-state index in [1.807, 2.05) is 0 Å². The van der Waals surface area contributed by atoms with E-state index in [1.54, 1.807) is 0 Å². The molecule has 1 aromatic heterocycles. The van der Waals surface area contributed by atoms with Crippen LogP contribution < -0.4 is 4.74 Å². The van der Waals surface area contributed by atoms with E-state index in [0.29, 0.717) is 0 Å². The number of rotatable bonds is 5. The molecule has 0 aliphatic carbocycles. The third kappa shape index (κ3) is 4.24. The quantitative estimate of drug-likeness (QED) is 0.400. The van der Waals surface area contributed by atoms with Gasteiger partial charge in [0.05, 0.1) is 18.5 Å². The van der Waals surface area contributed by atoms with Gasteiger partial charge in [0.1, 0.15) is 24.6 Å². The second-order valence-electron chi connectivity index (χ2n) is 4.61. The minimum absolute atomic E-state index is 0.212. The fourth-order valence-corrected chi connectivity index (χ4v) is 2.51. The Bertz CT molecular complexity index is 489. The molecule has 11 heteroatoms. The predicted octanol–water partition coefficient (Wildman–Crippen LogP) is -1.57. The molecule has 0 saturated carbocycles. The first-order valence-electron chi connectivity index (χ1n) is 6.08. The van der Waals surface area contributed by atoms with Crippen molar-refractivity contribution >= 4 is 7.60 Å². The van der Waals surface area contributed by atoms with Crippen LogP contribution in [0.25, 0.3) is 0 Å². The highest BCUT2D eigenvalue weighted by molar-refractivity contribution is 7.51. The van der Waals surface area contributed by atoms with Gasteiger partial charge in [0.2, 0.25) is 6.29 Å². The summed E-state index contributed by atoms with van der Waals surface area (Å²) in [7, 11) is -4.28. The van der Waals surface area contributed by atoms with Crippen molar-refractivity contribution in [1.82, 2.24) is 4.98 Å². The number of hydrogen-bond donors (Lipinski definition) is 5. The van der Waals surface area contributed by atoms with Gasteiger partial charge in [-0.2, -0.15) is 4.98 Å². The van der Waals surface area contributed by atoms with E-state index >= 15 is 0 Å². The summed E-state index contributed by atoms with van der Waals surface area (Å²) in [5.74, 6) is 0. The number of nitrogens with zero attached hydrogens (tertiary/aromatic N) is 1. The highest BCUT2D eigenvalue weighted by atomic mass is 31.2. The van der Waals surface area contributed by atoms with E-state index in [0.717, 1.165) is 0 Å². The summed E-state index contributed by atoms with van der Waals surface area (Å²) in [4.78, 5) is 21.3. The first-order valence-corrected chi connectivity index (χ1v) is 7.88. The van der Waals surface area contributed by atoms with Crippen molar-refractivity contribution in [2.24, 2.45) is 0 Å². The molecule has 0 bridgehead atoms. The molecule has 1 unspecified atom stereocenters. The van der Waals surface area contributed by atoms with Gasteiger partial charge >= 0.3 is 13.7 Å². The number of aromatic nitrogens is 1. The molecule has 5 N–H and O–H groups in total. The van der Waals surface area contributed by atoms with Gasteiger partial charge in [-0.05, 0) is 6.42 Å². The van der Waals surface area contributed by atoms with Crippen LogP contribution in [-0.2, 0) is 9.30 Å². The zero-order valence-electron chi connectivity index (χ0n) is 10.7. The molecule has 1 aliphatic heterocycles. The Hall–Kier alpha value is -1.00. The van der Waals surface area contributed by atoms with Crippen LogP contribution in [0.15, 0.2) is 16.9 Å². The molecule has 5 atom stereocenters. The van der Waals surface area contributed by atoms with Crippen LogP contribution in [0.5, 0.6) is 6.08 Å². The summed E-state index contributed by atoms with van der Waals surface area (Å²) in [6.45, 7) is 0. The molecule has 10 nitrogen and oxygen atoms in total. The van der Waals surface area contributed by atoms with Gasteiger partial charge in [-0.15, -0.1) is 0 Å². The highest BCUT2D eigenvalue weighted by Crippen LogP contribution is 2.37. The van der Waals surface area contributed by atoms with Crippen LogP contribution >= 0.6 is 7.60 Å². The number of aliphatic hydroxyl groups excluding tert-OH is 3. The van der Waals surface area contributed by atoms with Gasteiger partial charge in [-0.3, -0.25) is 4.57 Å². The van der Waals surface area contributed by atoms with Crippen molar-refractivity contribution in [2.45, 2.75) is 37.1 Å². The maximum atomic E-state index is 10.9. The van der Waals surface area contributed by atoms with Crippen LogP contribution in [0.3, 0.4) is 0 Å². The normalized spacial score (nSPS) is 33.9. The summed E-state index contributed by atoms with van der Waals surface area (Å²) in [5, 5.41) is 29.3. The standard InChI is InChI=1S/C10H16NO9P/c12-6-5(1-4-21(15,16)17)19-9(8(14)7(6)13)20-10-11-2-3-18-10/h2-3,5-9,12-14H,1,4H2,(H2,15,16,17)/t5-,6-,7+,8+,9?/m1/s1. The highest BCUT2D eigenvalue weighted by Gasteiger charge is 2.45. The Labute approximate surface area is 119 Å². The Balaban J connectivity index is 2.03. The van der Waals surface area contributed by atoms with Crippen LogP contribution in [0.4, 0.5) is 0 Å². The van der Waals surface area contributed by atoms with Gasteiger partial charge in [0.25, 0.3) is 0 Å². The second-order valence-corrected chi connectivity index (χ2v) is 6.38. The van der Waals surface area contributed by atoms with Gasteiger partial charge in [0.15, 0.2) is 0 Å². The molecule has 2 heterocycles. The first kappa shape index (κ1) is 16.4. The van der Waals surface area contributed by atoms with Crippen LogP contribution in [0.2, 0.25) is 0 Å². The molecule has 21 heavy (non-hydrogen) atoms. The maximum absolute atomic E-state index is 10.9. The van der Waals surface area contributed by atoms with E-state index in [2.05, 4.69) is 4.98 Å². The summed E-state index contributed by atoms with van der Waals surface area (Å²) in [5.41, 5.74) is 0. The summed E-state index contributed by atoms with van der Waals surface area (Å²) in [6, 6.07) is 0. The third-order valence-electron chi connectivity index (χ3n) is 3.00. The zero-order chi connectivity index (χ0) is 15.6. The molecule has 0 amide bonds. The topological polar surface area (TPSA) is 163 Å². The lowest BCUT2D eigenvalue weighted by Crippen LogP contribution is -2.59. The number of oxazole rings is 1. The molecule has 0 spiro atoms. The summed E-state index contributed by atoms with van der Waals surface area (Å²) in [6.07, 6.45) is -5.63. The lowest BCUT2D eigenvalue weighted by Gasteiger charge is -2.39. The number of ether oxygens (including phenoxy) is 2. The Morgan fingerprint density at radius 2 is 1.95 bits per heavy atom. The lowest BCUT2D eigenvalue weighted by molar-refractivity contribution is -0.276. The van der Waals surface area contributed by atoms with E-state index < -0.39 is 44.5 Å². The fraction of sp³-hybridized carbons (Fsp3) is 0.700. The van der Waals surface area contributed by atoms with Crippen LogP contribution in [-0.4, -0.2) is 67.0 Å². The maximum Gasteiger partial charge on any atom is 0.395 e. The molecule has 120 valence electrons. The predicted molar refractivity (Wildman–Crippen MR) is 65.3 cm³/mol. The van der Waals surface area contributed by atoms with Crippen molar-refractivity contribution in [2.75, 3.05) is 6.16 Å². The third-order valence-corrected chi connectivity index (χ3v) is 3.84. The fourth-order valence-electron chi connectivity index (χ4n) is 1.92. The first-order chi connectivity index (χ1) is 9.78. The Kier molecular flexibility index (Phi) is 4.99. The summed E-state index contributed by atoms with van der Waals surface area (Å²) < 4.78 is 26.0. The Morgan fingerprint density at radius 3 is 2.52 bits per heavy atom. The van der Waals surface area contributed by atoms with Crippen LogP contribution in [0.1, 0.15) is 6.42 Å². The number of hydrogen-bond acceptors (Lipinski definition) is 8. The molecular formula is C10H16NO9P. The molecule has 2 rings (SSSR count). The van der Waals surface area contributed by atoms with Gasteiger partial charge in [-0.25, -0.2) is 0 Å². The monoisotopic (exact) mass is 325 g/mol. The van der Waals surface area contributed by atoms with Gasteiger partial charge < -0.3 is 39.0 Å². The van der Waals surface area contributed by atoms with Gasteiger partial charge in [-0.1, -0.05) is 0 Å². The minimum atomic E-state index is -4.28. The molecule has 1 fully saturated rings. The van der Waals surface area contributed by atoms with Gasteiger partial charge in [0, 0.05) is 0 Å². The molecule has 1 saturated heterocycles. The van der Waals surface area contributed by atoms with Crippen molar-refractivity contribution in [3.8, 4) is 6.08 Å². The molecular weight excluding hydrogens is 309 g/mol. The van der Waals surface area contributed by atoms with E-state index in [9.17, 15) is 19.9 Å². The second kappa shape index (κ2) is 6.41. The number of aliphatic hydroxyl groups is 3. The average Bonchev–Trinajstić information content (AvgIpc) is 2.90. The van der Waals surface area contributed by atoms with Crippen molar-refractivity contribution < 1.29 is 43.6 Å². The Morgan fingerprint density at radius 1 is 1.24 bits per heavy atom. The molecule has 1 aliphatic rings. The molecule has 1 aromatic rings. The van der Waals surface area contributed by atoms with E-state index in [4.69, 9.17) is 23.7 Å². The smallest absolute Gasteiger partial charge is 0.395 e. The lowest BCUT2D eigenvalue weighted by atomic mass is 9.97. The zero-order valence-corrected chi connectivity index (χ0v) is 11.6. The minimum Gasteiger partial charge on any atom is -0.418 e. The SMILES string of the molecule is O=P(O)(O)CC[C@H]1OC(Oc2ncco2)[C@@H](O)[C@@H](O)[C@@H]1O. The summed E-state index contributed by atoms with van der Waals surface area (Å²) >= 11 is 0. The van der Waals surface area contributed by atoms with Crippen LogP contribution in [0, 0.1) is 0 Å². The molecule has 0 aromatic carbocycles. The van der Waals surface area contributed by atoms with Crippen molar-refractivity contribution in [3.63, 3.8) is 0 Å². The van der Waals surface area contributed by atoms with Crippen molar-refractivity contribution in [1.29, 1.82) is 0 Å². The average molecular weight is 325 g/mol.